The van der Waals surface area contributed by atoms with Crippen molar-refractivity contribution in [3.63, 3.8) is 0 Å². The second kappa shape index (κ2) is 4.64. The Morgan fingerprint density at radius 1 is 1.09 bits per heavy atom. The maximum atomic E-state index is 4.67. The molecule has 10 heteroatoms. The van der Waals surface area contributed by atoms with Gasteiger partial charge in [-0.1, -0.05) is 11.3 Å². The maximum absolute atomic E-state index is 4.67. The molecular formula is C13H8N8S2. The number of fused-ring (bicyclic) bond motifs is 2. The zero-order chi connectivity index (χ0) is 15.4. The first kappa shape index (κ1) is 12.8. The van der Waals surface area contributed by atoms with Crippen LogP contribution in [0.4, 0.5) is 0 Å². The Kier molecular flexibility index (Phi) is 2.58. The van der Waals surface area contributed by atoms with E-state index in [0.29, 0.717) is 5.65 Å². The highest BCUT2D eigenvalue weighted by Crippen LogP contribution is 2.31. The van der Waals surface area contributed by atoms with Crippen molar-refractivity contribution in [1.29, 1.82) is 0 Å². The number of rotatable bonds is 2. The number of thiophene rings is 1. The van der Waals surface area contributed by atoms with E-state index in [0.717, 1.165) is 26.2 Å². The van der Waals surface area contributed by atoms with Crippen LogP contribution in [-0.2, 0) is 0 Å². The minimum absolute atomic E-state index is 0.701. The lowest BCUT2D eigenvalue weighted by atomic mass is 10.3. The molecule has 5 aromatic rings. The van der Waals surface area contributed by atoms with Crippen LogP contribution in [0.3, 0.4) is 0 Å². The van der Waals surface area contributed by atoms with Gasteiger partial charge in [-0.05, 0) is 46.5 Å². The highest BCUT2D eigenvalue weighted by atomic mass is 32.1. The van der Waals surface area contributed by atoms with Gasteiger partial charge in [0.1, 0.15) is 5.01 Å². The minimum Gasteiger partial charge on any atom is -0.200 e. The lowest BCUT2D eigenvalue weighted by Gasteiger charge is -1.96. The molecule has 0 spiro atoms. The molecule has 0 N–H and O–H groups in total. The second-order valence-corrected chi connectivity index (χ2v) is 6.83. The first-order valence-electron chi connectivity index (χ1n) is 6.74. The molecule has 0 aliphatic carbocycles. The van der Waals surface area contributed by atoms with Crippen LogP contribution in [0.2, 0.25) is 0 Å². The monoisotopic (exact) mass is 340 g/mol. The predicted molar refractivity (Wildman–Crippen MR) is 86.5 cm³/mol. The number of hydrogen-bond acceptors (Lipinski definition) is 8. The summed E-state index contributed by atoms with van der Waals surface area (Å²) in [5.41, 5.74) is 2.81. The van der Waals surface area contributed by atoms with E-state index < -0.39 is 0 Å². The summed E-state index contributed by atoms with van der Waals surface area (Å²) in [6.45, 7) is 2.06. The largest absolute Gasteiger partial charge is 0.235 e. The Hall–Kier alpha value is -2.72. The Balaban J connectivity index is 1.68. The van der Waals surface area contributed by atoms with E-state index in [1.54, 1.807) is 20.4 Å². The van der Waals surface area contributed by atoms with E-state index in [1.807, 2.05) is 23.7 Å². The number of hydrogen-bond donors (Lipinski definition) is 0. The molecule has 0 saturated heterocycles. The van der Waals surface area contributed by atoms with Crippen molar-refractivity contribution < 1.29 is 0 Å². The van der Waals surface area contributed by atoms with E-state index >= 15 is 0 Å². The predicted octanol–water partition coefficient (Wildman–Crippen LogP) is 2.33. The summed E-state index contributed by atoms with van der Waals surface area (Å²) in [7, 11) is 0. The second-order valence-electron chi connectivity index (χ2n) is 4.96. The third-order valence-electron chi connectivity index (χ3n) is 3.49. The van der Waals surface area contributed by atoms with Gasteiger partial charge in [-0.25, -0.2) is 0 Å². The fourth-order valence-electron chi connectivity index (χ4n) is 2.34. The quantitative estimate of drug-likeness (QED) is 0.490. The van der Waals surface area contributed by atoms with Crippen LogP contribution in [0.25, 0.3) is 31.9 Å². The molecule has 5 heterocycles. The van der Waals surface area contributed by atoms with Crippen LogP contribution in [0.5, 0.6) is 0 Å². The first-order chi connectivity index (χ1) is 11.3. The van der Waals surface area contributed by atoms with Gasteiger partial charge in [0.2, 0.25) is 4.96 Å². The molecule has 5 rings (SSSR count). The van der Waals surface area contributed by atoms with Crippen molar-refractivity contribution in [1.82, 2.24) is 39.9 Å². The van der Waals surface area contributed by atoms with Crippen LogP contribution < -0.4 is 0 Å². The normalized spacial score (nSPS) is 11.7. The summed E-state index contributed by atoms with van der Waals surface area (Å²) in [5, 5.41) is 27.5. The topological polar surface area (TPSA) is 86.2 Å². The highest BCUT2D eigenvalue weighted by molar-refractivity contribution is 7.19. The molecule has 0 aromatic carbocycles. The molecule has 0 unspecified atom stereocenters. The van der Waals surface area contributed by atoms with Crippen molar-refractivity contribution in [2.75, 3.05) is 0 Å². The van der Waals surface area contributed by atoms with Crippen LogP contribution in [0.1, 0.15) is 5.56 Å². The number of aryl methyl sites for hydroxylation is 1. The van der Waals surface area contributed by atoms with Crippen LogP contribution in [-0.4, -0.2) is 39.9 Å². The summed E-state index contributed by atoms with van der Waals surface area (Å²) >= 11 is 3.13. The third kappa shape index (κ3) is 1.88. The Morgan fingerprint density at radius 2 is 2.04 bits per heavy atom. The van der Waals surface area contributed by atoms with Gasteiger partial charge in [0.15, 0.2) is 11.5 Å². The van der Waals surface area contributed by atoms with Gasteiger partial charge in [0.25, 0.3) is 0 Å². The van der Waals surface area contributed by atoms with Gasteiger partial charge < -0.3 is 0 Å². The van der Waals surface area contributed by atoms with Gasteiger partial charge in [-0.15, -0.1) is 26.6 Å². The molecule has 112 valence electrons. The average molecular weight is 340 g/mol. The SMILES string of the molecule is Cc1ccsc1-c1nnc2sc(-c3ccc4nnnn4c3)nn12. The third-order valence-corrected chi connectivity index (χ3v) is 5.45. The van der Waals surface area contributed by atoms with E-state index in [1.165, 1.54) is 16.9 Å². The summed E-state index contributed by atoms with van der Waals surface area (Å²) in [4.78, 5) is 1.85. The summed E-state index contributed by atoms with van der Waals surface area (Å²) in [5.74, 6) is 0.776. The molecule has 8 nitrogen and oxygen atoms in total. The maximum Gasteiger partial charge on any atom is 0.235 e. The Bertz CT molecular complexity index is 1150. The number of pyridine rings is 1. The zero-order valence-corrected chi connectivity index (χ0v) is 13.4. The van der Waals surface area contributed by atoms with Crippen LogP contribution in [0, 0.1) is 6.92 Å². The van der Waals surface area contributed by atoms with Gasteiger partial charge in [-0.3, -0.25) is 0 Å². The van der Waals surface area contributed by atoms with E-state index in [-0.39, 0.29) is 0 Å². The van der Waals surface area contributed by atoms with Crippen molar-refractivity contribution in [2.45, 2.75) is 6.92 Å². The zero-order valence-electron chi connectivity index (χ0n) is 11.8. The fourth-order valence-corrected chi connectivity index (χ4v) is 4.07. The van der Waals surface area contributed by atoms with E-state index in [2.05, 4.69) is 43.8 Å². The molecule has 0 bridgehead atoms. The molecule has 0 radical (unpaired) electrons. The van der Waals surface area contributed by atoms with Gasteiger partial charge in [0.05, 0.1) is 4.88 Å². The molecule has 0 aliphatic heterocycles. The number of aromatic nitrogens is 8. The number of tetrazole rings is 1. The molecule has 23 heavy (non-hydrogen) atoms. The first-order valence-corrected chi connectivity index (χ1v) is 8.44. The Morgan fingerprint density at radius 3 is 2.91 bits per heavy atom. The molecule has 0 fully saturated rings. The molecule has 5 aromatic heterocycles. The number of nitrogens with zero attached hydrogens (tertiary/aromatic N) is 8. The molecular weight excluding hydrogens is 332 g/mol. The highest BCUT2D eigenvalue weighted by Gasteiger charge is 2.17. The summed E-state index contributed by atoms with van der Waals surface area (Å²) in [6, 6.07) is 5.88. The summed E-state index contributed by atoms with van der Waals surface area (Å²) < 4.78 is 3.42. The lowest BCUT2D eigenvalue weighted by molar-refractivity contribution is 0.823. The van der Waals surface area contributed by atoms with Gasteiger partial charge >= 0.3 is 0 Å². The van der Waals surface area contributed by atoms with Crippen LogP contribution >= 0.6 is 22.7 Å². The standard InChI is InChI=1S/C13H8N8S2/c1-7-4-5-22-10(7)11-15-16-13-21(11)17-12(23-13)8-2-3-9-14-18-19-20(9)6-8/h2-6H,1H3. The van der Waals surface area contributed by atoms with Crippen LogP contribution in [0.15, 0.2) is 29.8 Å². The molecule has 0 amide bonds. The molecule has 0 atom stereocenters. The minimum atomic E-state index is 0.701. The Labute approximate surface area is 137 Å². The average Bonchev–Trinajstić information content (AvgIpc) is 3.29. The lowest BCUT2D eigenvalue weighted by Crippen LogP contribution is -1.92. The molecule has 0 saturated carbocycles. The molecule has 0 aliphatic rings. The fraction of sp³-hybridized carbons (Fsp3) is 0.0769. The van der Waals surface area contributed by atoms with Crippen molar-refractivity contribution in [3.05, 3.63) is 35.3 Å². The van der Waals surface area contributed by atoms with Crippen molar-refractivity contribution in [2.24, 2.45) is 0 Å². The van der Waals surface area contributed by atoms with Crippen molar-refractivity contribution in [3.8, 4) is 21.3 Å². The smallest absolute Gasteiger partial charge is 0.200 e. The summed E-state index contributed by atoms with van der Waals surface area (Å²) in [6.07, 6.45) is 1.86. The van der Waals surface area contributed by atoms with E-state index in [9.17, 15) is 0 Å². The van der Waals surface area contributed by atoms with Crippen molar-refractivity contribution >= 4 is 33.3 Å². The van der Waals surface area contributed by atoms with Gasteiger partial charge in [-0.2, -0.15) is 14.1 Å². The van der Waals surface area contributed by atoms with E-state index in [4.69, 9.17) is 0 Å². The van der Waals surface area contributed by atoms with Gasteiger partial charge in [0, 0.05) is 11.8 Å².